The van der Waals surface area contributed by atoms with Gasteiger partial charge in [-0.05, 0) is 30.3 Å². The second-order valence-electron chi connectivity index (χ2n) is 5.93. The molecule has 8 nitrogen and oxygen atoms in total. The molecule has 1 aromatic carbocycles. The van der Waals surface area contributed by atoms with Crippen molar-refractivity contribution in [3.05, 3.63) is 52.9 Å². The summed E-state index contributed by atoms with van der Waals surface area (Å²) in [5.74, 6) is 0.582. The highest BCUT2D eigenvalue weighted by Crippen LogP contribution is 2.25. The maximum Gasteiger partial charge on any atom is 0.422 e. The third-order valence-corrected chi connectivity index (χ3v) is 4.01. The van der Waals surface area contributed by atoms with Gasteiger partial charge in [0, 0.05) is 11.8 Å². The maximum atomic E-state index is 12.2. The molecular formula is C18H15ClF3N5O3. The number of aromatic nitrogens is 4. The molecule has 3 aromatic rings. The van der Waals surface area contributed by atoms with Crippen LogP contribution in [0.4, 0.5) is 13.2 Å². The van der Waals surface area contributed by atoms with Crippen LogP contribution in [0.5, 0.6) is 11.6 Å². The van der Waals surface area contributed by atoms with Gasteiger partial charge in [0.1, 0.15) is 16.6 Å². The average molecular weight is 442 g/mol. The van der Waals surface area contributed by atoms with Gasteiger partial charge in [0.15, 0.2) is 12.4 Å². The maximum absolute atomic E-state index is 12.2. The molecule has 0 saturated heterocycles. The molecule has 12 heteroatoms. The number of ether oxygens (including phenoxy) is 2. The third-order valence-electron chi connectivity index (χ3n) is 3.74. The number of rotatable bonds is 7. The number of aromatic amines is 1. The Labute approximate surface area is 173 Å². The molecule has 1 amide bonds. The number of amides is 1. The zero-order valence-corrected chi connectivity index (χ0v) is 16.2. The lowest BCUT2D eigenvalue weighted by Gasteiger charge is -2.10. The van der Waals surface area contributed by atoms with Crippen molar-refractivity contribution in [3.8, 4) is 23.0 Å². The number of carbonyl (C=O) groups excluding carboxylic acids is 1. The lowest BCUT2D eigenvalue weighted by molar-refractivity contribution is -0.154. The highest BCUT2D eigenvalue weighted by atomic mass is 35.5. The van der Waals surface area contributed by atoms with Gasteiger partial charge in [-0.3, -0.25) is 9.89 Å². The Balaban J connectivity index is 1.59. The van der Waals surface area contributed by atoms with Crippen molar-refractivity contribution in [1.29, 1.82) is 0 Å². The molecule has 0 atom stereocenters. The molecule has 0 aliphatic heterocycles. The van der Waals surface area contributed by atoms with Crippen LogP contribution in [0, 0.1) is 0 Å². The highest BCUT2D eigenvalue weighted by Gasteiger charge is 2.29. The summed E-state index contributed by atoms with van der Waals surface area (Å²) < 4.78 is 46.2. The van der Waals surface area contributed by atoms with Crippen LogP contribution >= 0.6 is 11.6 Å². The molecule has 3 rings (SSSR count). The van der Waals surface area contributed by atoms with Crippen molar-refractivity contribution in [2.24, 2.45) is 0 Å². The monoisotopic (exact) mass is 441 g/mol. The van der Waals surface area contributed by atoms with Gasteiger partial charge in [-0.25, -0.2) is 9.97 Å². The fourth-order valence-corrected chi connectivity index (χ4v) is 2.54. The highest BCUT2D eigenvalue weighted by molar-refractivity contribution is 6.32. The van der Waals surface area contributed by atoms with E-state index in [0.29, 0.717) is 17.4 Å². The standard InChI is InChI=1S/C18H15ClF3N5O3/c1-29-12-4-2-10(3-5-12)15-25-14(26-27-15)8-23-16(28)11-6-13(19)17(24-7-11)30-9-18(20,21)22/h2-7H,8-9H2,1H3,(H,23,28)(H,25,26,27). The normalized spacial score (nSPS) is 11.2. The van der Waals surface area contributed by atoms with E-state index in [-0.39, 0.29) is 17.1 Å². The first-order valence-corrected chi connectivity index (χ1v) is 8.82. The topological polar surface area (TPSA) is 102 Å². The van der Waals surface area contributed by atoms with Crippen LogP contribution in [0.2, 0.25) is 5.02 Å². The number of halogens is 4. The Kier molecular flexibility index (Phi) is 6.40. The Bertz CT molecular complexity index is 1020. The molecule has 0 radical (unpaired) electrons. The number of pyridine rings is 1. The number of nitrogens with one attached hydrogen (secondary N) is 2. The molecule has 0 fully saturated rings. The summed E-state index contributed by atoms with van der Waals surface area (Å²) in [7, 11) is 1.56. The van der Waals surface area contributed by atoms with Crippen molar-refractivity contribution in [1.82, 2.24) is 25.5 Å². The minimum Gasteiger partial charge on any atom is -0.497 e. The Morgan fingerprint density at radius 2 is 2.00 bits per heavy atom. The van der Waals surface area contributed by atoms with Crippen molar-refractivity contribution in [2.45, 2.75) is 12.7 Å². The molecule has 0 saturated carbocycles. The van der Waals surface area contributed by atoms with E-state index in [2.05, 4.69) is 30.2 Å². The number of H-pyrrole nitrogens is 1. The van der Waals surface area contributed by atoms with Gasteiger partial charge in [-0.15, -0.1) is 0 Å². The molecule has 2 N–H and O–H groups in total. The van der Waals surface area contributed by atoms with Gasteiger partial charge >= 0.3 is 6.18 Å². The number of alkyl halides is 3. The van der Waals surface area contributed by atoms with Crippen LogP contribution in [-0.4, -0.2) is 46.0 Å². The fourth-order valence-electron chi connectivity index (χ4n) is 2.32. The first kappa shape index (κ1) is 21.4. The van der Waals surface area contributed by atoms with Gasteiger partial charge in [-0.1, -0.05) is 11.6 Å². The number of hydrogen-bond donors (Lipinski definition) is 2. The van der Waals surface area contributed by atoms with E-state index in [9.17, 15) is 18.0 Å². The largest absolute Gasteiger partial charge is 0.497 e. The molecule has 0 unspecified atom stereocenters. The predicted molar refractivity (Wildman–Crippen MR) is 100 cm³/mol. The van der Waals surface area contributed by atoms with Crippen LogP contribution in [-0.2, 0) is 6.54 Å². The van der Waals surface area contributed by atoms with Gasteiger partial charge in [0.05, 0.1) is 19.2 Å². The van der Waals surface area contributed by atoms with Gasteiger partial charge in [-0.2, -0.15) is 18.3 Å². The molecule has 30 heavy (non-hydrogen) atoms. The lowest BCUT2D eigenvalue weighted by Crippen LogP contribution is -2.24. The first-order valence-electron chi connectivity index (χ1n) is 8.44. The van der Waals surface area contributed by atoms with E-state index in [1.807, 2.05) is 0 Å². The van der Waals surface area contributed by atoms with E-state index < -0.39 is 24.6 Å². The van der Waals surface area contributed by atoms with Crippen LogP contribution in [0.25, 0.3) is 11.4 Å². The van der Waals surface area contributed by atoms with Crippen molar-refractivity contribution >= 4 is 17.5 Å². The Morgan fingerprint density at radius 1 is 1.27 bits per heavy atom. The molecule has 0 aliphatic carbocycles. The molecule has 0 spiro atoms. The SMILES string of the molecule is COc1ccc(-c2n[nH]c(CNC(=O)c3cnc(OCC(F)(F)F)c(Cl)c3)n2)cc1. The average Bonchev–Trinajstić information content (AvgIpc) is 3.19. The molecular weight excluding hydrogens is 427 g/mol. The number of benzene rings is 1. The summed E-state index contributed by atoms with van der Waals surface area (Å²) >= 11 is 5.84. The van der Waals surface area contributed by atoms with Gasteiger partial charge < -0.3 is 14.8 Å². The lowest BCUT2D eigenvalue weighted by atomic mass is 10.2. The van der Waals surface area contributed by atoms with E-state index in [0.717, 1.165) is 11.8 Å². The molecule has 0 aliphatic rings. The van der Waals surface area contributed by atoms with Gasteiger partial charge in [0.25, 0.3) is 5.91 Å². The minimum atomic E-state index is -4.52. The molecule has 0 bridgehead atoms. The molecule has 2 heterocycles. The smallest absolute Gasteiger partial charge is 0.422 e. The summed E-state index contributed by atoms with van der Waals surface area (Å²) in [4.78, 5) is 20.2. The van der Waals surface area contributed by atoms with Crippen molar-refractivity contribution in [2.75, 3.05) is 13.7 Å². The summed E-state index contributed by atoms with van der Waals surface area (Å²) in [6.07, 6.45) is -3.46. The number of nitrogens with zero attached hydrogens (tertiary/aromatic N) is 3. The van der Waals surface area contributed by atoms with Gasteiger partial charge in [0.2, 0.25) is 5.88 Å². The van der Waals surface area contributed by atoms with E-state index >= 15 is 0 Å². The third kappa shape index (κ3) is 5.60. The minimum absolute atomic E-state index is 0.0337. The van der Waals surface area contributed by atoms with E-state index in [1.54, 1.807) is 31.4 Å². The molecule has 158 valence electrons. The Morgan fingerprint density at radius 3 is 2.63 bits per heavy atom. The second kappa shape index (κ2) is 8.99. The van der Waals surface area contributed by atoms with E-state index in [4.69, 9.17) is 16.3 Å². The number of hydrogen-bond acceptors (Lipinski definition) is 6. The van der Waals surface area contributed by atoms with Crippen LogP contribution in [0.3, 0.4) is 0 Å². The summed E-state index contributed by atoms with van der Waals surface area (Å²) in [6.45, 7) is -1.50. The predicted octanol–water partition coefficient (Wildman–Crippen LogP) is 3.40. The summed E-state index contributed by atoms with van der Waals surface area (Å²) in [6, 6.07) is 8.29. The quantitative estimate of drug-likeness (QED) is 0.582. The second-order valence-corrected chi connectivity index (χ2v) is 6.34. The zero-order chi connectivity index (χ0) is 21.7. The molecule has 2 aromatic heterocycles. The first-order chi connectivity index (χ1) is 14.2. The van der Waals surface area contributed by atoms with Crippen molar-refractivity contribution in [3.63, 3.8) is 0 Å². The zero-order valence-electron chi connectivity index (χ0n) is 15.5. The fraction of sp³-hybridized carbons (Fsp3) is 0.222. The number of methoxy groups -OCH3 is 1. The summed E-state index contributed by atoms with van der Waals surface area (Å²) in [5, 5.41) is 9.18. The summed E-state index contributed by atoms with van der Waals surface area (Å²) in [5.41, 5.74) is 0.810. The van der Waals surface area contributed by atoms with E-state index in [1.165, 1.54) is 6.07 Å². The van der Waals surface area contributed by atoms with Crippen LogP contribution < -0.4 is 14.8 Å². The van der Waals surface area contributed by atoms with Crippen molar-refractivity contribution < 1.29 is 27.4 Å². The number of carbonyl (C=O) groups is 1. The van der Waals surface area contributed by atoms with Crippen LogP contribution in [0.1, 0.15) is 16.2 Å². The Hall–Kier alpha value is -3.34. The van der Waals surface area contributed by atoms with Crippen LogP contribution in [0.15, 0.2) is 36.5 Å².